The fourth-order valence-electron chi connectivity index (χ4n) is 1.85. The molecule has 1 N–H and O–H groups in total. The summed E-state index contributed by atoms with van der Waals surface area (Å²) in [5.41, 5.74) is 0.557. The smallest absolute Gasteiger partial charge is 0.336 e. The number of benzene rings is 1. The Kier molecular flexibility index (Phi) is 2.76. The average Bonchev–Trinajstić information content (AvgIpc) is 2.40. The van der Waals surface area contributed by atoms with E-state index in [1.165, 1.54) is 6.07 Å². The second-order valence-electron chi connectivity index (χ2n) is 4.36. The second kappa shape index (κ2) is 4.44. The SMILES string of the molecule is C=C1COc2cc3ccc(=O)oc3cc2OC[C@H]1O. The Morgan fingerprint density at radius 3 is 2.84 bits per heavy atom. The van der Waals surface area contributed by atoms with Gasteiger partial charge in [-0.05, 0) is 17.7 Å². The van der Waals surface area contributed by atoms with Crippen LogP contribution in [0.4, 0.5) is 0 Å². The van der Waals surface area contributed by atoms with Gasteiger partial charge < -0.3 is 19.0 Å². The maximum atomic E-state index is 11.2. The number of rotatable bonds is 0. The molecule has 0 amide bonds. The van der Waals surface area contributed by atoms with Crippen molar-refractivity contribution in [2.75, 3.05) is 13.2 Å². The van der Waals surface area contributed by atoms with Crippen LogP contribution in [-0.4, -0.2) is 24.4 Å². The lowest BCUT2D eigenvalue weighted by molar-refractivity contribution is 0.113. The molecule has 2 aromatic rings. The number of aliphatic hydroxyl groups excluding tert-OH is 1. The highest BCUT2D eigenvalue weighted by molar-refractivity contribution is 5.80. The van der Waals surface area contributed by atoms with E-state index in [1.807, 2.05) is 0 Å². The number of ether oxygens (including phenoxy) is 2. The minimum atomic E-state index is -0.772. The molecule has 0 radical (unpaired) electrons. The molecule has 3 rings (SSSR count). The summed E-state index contributed by atoms with van der Waals surface area (Å²) in [4.78, 5) is 11.2. The Labute approximate surface area is 108 Å². The minimum absolute atomic E-state index is 0.0950. The van der Waals surface area contributed by atoms with Crippen LogP contribution >= 0.6 is 0 Å². The van der Waals surface area contributed by atoms with Gasteiger partial charge >= 0.3 is 5.63 Å². The van der Waals surface area contributed by atoms with Crippen LogP contribution in [-0.2, 0) is 0 Å². The molecule has 0 aliphatic carbocycles. The highest BCUT2D eigenvalue weighted by Gasteiger charge is 2.18. The Morgan fingerprint density at radius 1 is 1.21 bits per heavy atom. The predicted octanol–water partition coefficient (Wildman–Crippen LogP) is 1.48. The normalized spacial score (nSPS) is 19.0. The van der Waals surface area contributed by atoms with E-state index in [0.717, 1.165) is 5.39 Å². The summed E-state index contributed by atoms with van der Waals surface area (Å²) in [6, 6.07) is 6.33. The Balaban J connectivity index is 2.10. The van der Waals surface area contributed by atoms with Crippen LogP contribution in [0.5, 0.6) is 11.5 Å². The van der Waals surface area contributed by atoms with Crippen molar-refractivity contribution in [1.29, 1.82) is 0 Å². The fraction of sp³-hybridized carbons (Fsp3) is 0.214. The molecule has 2 heterocycles. The van der Waals surface area contributed by atoms with Crippen molar-refractivity contribution in [1.82, 2.24) is 0 Å². The van der Waals surface area contributed by atoms with E-state index < -0.39 is 11.7 Å². The van der Waals surface area contributed by atoms with E-state index in [0.29, 0.717) is 22.7 Å². The van der Waals surface area contributed by atoms with Crippen LogP contribution in [0.15, 0.2) is 45.6 Å². The van der Waals surface area contributed by atoms with Crippen LogP contribution in [0, 0.1) is 0 Å². The zero-order chi connectivity index (χ0) is 13.4. The van der Waals surface area contributed by atoms with Gasteiger partial charge in [-0.1, -0.05) is 6.58 Å². The summed E-state index contributed by atoms with van der Waals surface area (Å²) in [5, 5.41) is 10.4. The first-order chi connectivity index (χ1) is 9.13. The van der Waals surface area contributed by atoms with E-state index in [1.54, 1.807) is 18.2 Å². The van der Waals surface area contributed by atoms with E-state index in [2.05, 4.69) is 6.58 Å². The van der Waals surface area contributed by atoms with Crippen molar-refractivity contribution in [3.63, 3.8) is 0 Å². The molecule has 1 aliphatic rings. The number of hydrogen-bond acceptors (Lipinski definition) is 5. The van der Waals surface area contributed by atoms with Crippen molar-refractivity contribution in [3.05, 3.63) is 46.8 Å². The zero-order valence-electron chi connectivity index (χ0n) is 10.1. The molecule has 5 heteroatoms. The van der Waals surface area contributed by atoms with Gasteiger partial charge in [-0.15, -0.1) is 0 Å². The van der Waals surface area contributed by atoms with Gasteiger partial charge in [-0.2, -0.15) is 0 Å². The molecule has 0 spiro atoms. The Bertz CT molecular complexity index is 701. The van der Waals surface area contributed by atoms with Gasteiger partial charge in [0.1, 0.15) is 24.9 Å². The van der Waals surface area contributed by atoms with Gasteiger partial charge in [0.25, 0.3) is 0 Å². The van der Waals surface area contributed by atoms with Crippen LogP contribution in [0.1, 0.15) is 0 Å². The summed E-state index contributed by atoms with van der Waals surface area (Å²) in [6.07, 6.45) is -0.772. The van der Waals surface area contributed by atoms with Gasteiger partial charge in [0, 0.05) is 17.5 Å². The zero-order valence-corrected chi connectivity index (χ0v) is 10.1. The molecule has 1 atom stereocenters. The summed E-state index contributed by atoms with van der Waals surface area (Å²) in [7, 11) is 0. The Morgan fingerprint density at radius 2 is 2.00 bits per heavy atom. The number of aliphatic hydroxyl groups is 1. The summed E-state index contributed by atoms with van der Waals surface area (Å²) >= 11 is 0. The van der Waals surface area contributed by atoms with E-state index in [-0.39, 0.29) is 13.2 Å². The standard InChI is InChI=1S/C14H12O5/c1-8-6-17-12-4-9-2-3-14(16)19-11(9)5-13(12)18-7-10(8)15/h2-5,10,15H,1,6-7H2/t10-/m1/s1. The molecule has 5 nitrogen and oxygen atoms in total. The molecule has 0 unspecified atom stereocenters. The maximum Gasteiger partial charge on any atom is 0.336 e. The highest BCUT2D eigenvalue weighted by atomic mass is 16.5. The van der Waals surface area contributed by atoms with Crippen molar-refractivity contribution >= 4 is 11.0 Å². The van der Waals surface area contributed by atoms with Gasteiger partial charge in [0.2, 0.25) is 0 Å². The molecule has 19 heavy (non-hydrogen) atoms. The molecule has 98 valence electrons. The van der Waals surface area contributed by atoms with Crippen LogP contribution in [0.25, 0.3) is 11.0 Å². The third-order valence-corrected chi connectivity index (χ3v) is 2.97. The molecule has 0 bridgehead atoms. The van der Waals surface area contributed by atoms with Gasteiger partial charge in [-0.3, -0.25) is 0 Å². The third kappa shape index (κ3) is 2.20. The fourth-order valence-corrected chi connectivity index (χ4v) is 1.85. The van der Waals surface area contributed by atoms with Crippen LogP contribution in [0.2, 0.25) is 0 Å². The van der Waals surface area contributed by atoms with Gasteiger partial charge in [0.15, 0.2) is 11.5 Å². The highest BCUT2D eigenvalue weighted by Crippen LogP contribution is 2.33. The van der Waals surface area contributed by atoms with Crippen molar-refractivity contribution in [2.24, 2.45) is 0 Å². The molecule has 0 saturated heterocycles. The van der Waals surface area contributed by atoms with Crippen molar-refractivity contribution in [2.45, 2.75) is 6.10 Å². The first kappa shape index (κ1) is 11.8. The summed E-state index contributed by atoms with van der Waals surface area (Å²) in [6.45, 7) is 4.05. The van der Waals surface area contributed by atoms with Crippen LogP contribution in [0.3, 0.4) is 0 Å². The van der Waals surface area contributed by atoms with Gasteiger partial charge in [-0.25, -0.2) is 4.79 Å². The first-order valence-electron chi connectivity index (χ1n) is 5.83. The van der Waals surface area contributed by atoms with E-state index >= 15 is 0 Å². The summed E-state index contributed by atoms with van der Waals surface area (Å²) in [5.74, 6) is 0.975. The van der Waals surface area contributed by atoms with Crippen molar-refractivity contribution < 1.29 is 19.0 Å². The van der Waals surface area contributed by atoms with E-state index in [4.69, 9.17) is 13.9 Å². The molecule has 0 fully saturated rings. The largest absolute Gasteiger partial charge is 0.486 e. The lowest BCUT2D eigenvalue weighted by Gasteiger charge is -2.21. The topological polar surface area (TPSA) is 68.9 Å². The molecular weight excluding hydrogens is 248 g/mol. The van der Waals surface area contributed by atoms with E-state index in [9.17, 15) is 9.90 Å². The molecule has 1 aromatic carbocycles. The molecule has 1 aliphatic heterocycles. The monoisotopic (exact) mass is 260 g/mol. The maximum absolute atomic E-state index is 11.2. The molecule has 1 aromatic heterocycles. The molecule has 0 saturated carbocycles. The van der Waals surface area contributed by atoms with Crippen LogP contribution < -0.4 is 15.1 Å². The lowest BCUT2D eigenvalue weighted by Crippen LogP contribution is -2.25. The lowest BCUT2D eigenvalue weighted by atomic mass is 10.1. The second-order valence-corrected chi connectivity index (χ2v) is 4.36. The quantitative estimate of drug-likeness (QED) is 0.574. The van der Waals surface area contributed by atoms with Crippen molar-refractivity contribution in [3.8, 4) is 11.5 Å². The predicted molar refractivity (Wildman–Crippen MR) is 68.6 cm³/mol. The third-order valence-electron chi connectivity index (χ3n) is 2.97. The number of hydrogen-bond donors (Lipinski definition) is 1. The summed E-state index contributed by atoms with van der Waals surface area (Å²) < 4.78 is 16.1. The average molecular weight is 260 g/mol. The number of fused-ring (bicyclic) bond motifs is 2. The Hall–Kier alpha value is -2.27. The molecular formula is C14H12O5. The van der Waals surface area contributed by atoms with Gasteiger partial charge in [0.05, 0.1) is 0 Å². The minimum Gasteiger partial charge on any atom is -0.486 e. The first-order valence-corrected chi connectivity index (χ1v) is 5.83.